The van der Waals surface area contributed by atoms with Crippen molar-refractivity contribution < 1.29 is 14.0 Å². The molecule has 1 aliphatic carbocycles. The zero-order valence-corrected chi connectivity index (χ0v) is 16.1. The summed E-state index contributed by atoms with van der Waals surface area (Å²) in [4.78, 5) is 32.0. The predicted molar refractivity (Wildman–Crippen MR) is 109 cm³/mol. The third-order valence-corrected chi connectivity index (χ3v) is 5.83. The molecule has 0 radical (unpaired) electrons. The molecule has 1 saturated heterocycles. The van der Waals surface area contributed by atoms with Gasteiger partial charge >= 0.3 is 0 Å². The minimum Gasteiger partial charge on any atom is -0.459 e. The van der Waals surface area contributed by atoms with Crippen LogP contribution in [-0.2, 0) is 0 Å². The zero-order valence-electron chi connectivity index (χ0n) is 16.1. The van der Waals surface area contributed by atoms with E-state index in [-0.39, 0.29) is 17.9 Å². The Morgan fingerprint density at radius 2 is 1.83 bits per heavy atom. The molecule has 0 atom stereocenters. The maximum absolute atomic E-state index is 13.1. The summed E-state index contributed by atoms with van der Waals surface area (Å²) in [6.45, 7) is 1.21. The van der Waals surface area contributed by atoms with Crippen LogP contribution in [0.3, 0.4) is 0 Å². The van der Waals surface area contributed by atoms with Crippen molar-refractivity contribution in [2.24, 2.45) is 0 Å². The molecule has 6 nitrogen and oxygen atoms in total. The van der Waals surface area contributed by atoms with Gasteiger partial charge in [-0.3, -0.25) is 14.6 Å². The van der Waals surface area contributed by atoms with Gasteiger partial charge in [-0.25, -0.2) is 0 Å². The fourth-order valence-corrected chi connectivity index (χ4v) is 4.02. The number of fused-ring (bicyclic) bond motifs is 1. The fourth-order valence-electron chi connectivity index (χ4n) is 4.02. The SMILES string of the molecule is O=C(NC1CCN(C(=O)c2ccco2)CC1)c1cc(C2CC2)nc2ccccc12. The van der Waals surface area contributed by atoms with Crippen molar-refractivity contribution in [3.05, 3.63) is 65.7 Å². The van der Waals surface area contributed by atoms with E-state index in [0.717, 1.165) is 42.3 Å². The number of carbonyl (C=O) groups excluding carboxylic acids is 2. The molecule has 0 bridgehead atoms. The number of rotatable bonds is 4. The average molecular weight is 389 g/mol. The van der Waals surface area contributed by atoms with Gasteiger partial charge in [-0.2, -0.15) is 0 Å². The number of amides is 2. The quantitative estimate of drug-likeness (QED) is 0.738. The molecule has 0 unspecified atom stereocenters. The van der Waals surface area contributed by atoms with Gasteiger partial charge in [0.25, 0.3) is 11.8 Å². The molecule has 3 heterocycles. The number of likely N-dealkylation sites (tertiary alicyclic amines) is 1. The second-order valence-corrected chi connectivity index (χ2v) is 7.90. The largest absolute Gasteiger partial charge is 0.459 e. The van der Waals surface area contributed by atoms with E-state index in [4.69, 9.17) is 9.40 Å². The highest BCUT2D eigenvalue weighted by Gasteiger charge is 2.29. The maximum Gasteiger partial charge on any atom is 0.289 e. The van der Waals surface area contributed by atoms with Crippen molar-refractivity contribution >= 4 is 22.7 Å². The molecule has 2 amide bonds. The van der Waals surface area contributed by atoms with Crippen LogP contribution in [-0.4, -0.2) is 40.8 Å². The summed E-state index contributed by atoms with van der Waals surface area (Å²) in [5.74, 6) is 0.709. The Morgan fingerprint density at radius 3 is 2.55 bits per heavy atom. The van der Waals surface area contributed by atoms with E-state index in [0.29, 0.717) is 30.3 Å². The smallest absolute Gasteiger partial charge is 0.289 e. The van der Waals surface area contributed by atoms with Crippen LogP contribution >= 0.6 is 0 Å². The number of piperidine rings is 1. The standard InChI is InChI=1S/C23H23N3O3/c27-22(18-14-20(15-7-8-15)25-19-5-2-1-4-17(18)19)24-16-9-11-26(12-10-16)23(28)21-6-3-13-29-21/h1-6,13-16H,7-12H2,(H,24,27). The van der Waals surface area contributed by atoms with Crippen LogP contribution in [0.5, 0.6) is 0 Å². The van der Waals surface area contributed by atoms with E-state index in [1.165, 1.54) is 6.26 Å². The molecule has 29 heavy (non-hydrogen) atoms. The van der Waals surface area contributed by atoms with Crippen LogP contribution in [0.25, 0.3) is 10.9 Å². The van der Waals surface area contributed by atoms with Gasteiger partial charge in [0, 0.05) is 36.1 Å². The number of aromatic nitrogens is 1. The highest BCUT2D eigenvalue weighted by Crippen LogP contribution is 2.40. The number of nitrogens with one attached hydrogen (secondary N) is 1. The first-order valence-corrected chi connectivity index (χ1v) is 10.2. The third kappa shape index (κ3) is 3.62. The number of furan rings is 1. The van der Waals surface area contributed by atoms with E-state index < -0.39 is 0 Å². The lowest BCUT2D eigenvalue weighted by Crippen LogP contribution is -2.46. The number of nitrogens with zero attached hydrogens (tertiary/aromatic N) is 2. The van der Waals surface area contributed by atoms with Crippen molar-refractivity contribution in [1.29, 1.82) is 0 Å². The number of hydrogen-bond acceptors (Lipinski definition) is 4. The van der Waals surface area contributed by atoms with Gasteiger partial charge in [0.1, 0.15) is 0 Å². The monoisotopic (exact) mass is 389 g/mol. The molecule has 1 N–H and O–H groups in total. The Labute approximate surface area is 168 Å². The summed E-state index contributed by atoms with van der Waals surface area (Å²) >= 11 is 0. The van der Waals surface area contributed by atoms with Gasteiger partial charge in [0.05, 0.1) is 17.3 Å². The minimum absolute atomic E-state index is 0.0543. The number of benzene rings is 1. The topological polar surface area (TPSA) is 75.4 Å². The van der Waals surface area contributed by atoms with Crippen molar-refractivity contribution in [3.63, 3.8) is 0 Å². The van der Waals surface area contributed by atoms with Gasteiger partial charge in [-0.05, 0) is 49.9 Å². The van der Waals surface area contributed by atoms with Gasteiger partial charge in [-0.15, -0.1) is 0 Å². The lowest BCUT2D eigenvalue weighted by Gasteiger charge is -2.32. The van der Waals surface area contributed by atoms with Crippen LogP contribution in [0, 0.1) is 0 Å². The van der Waals surface area contributed by atoms with Crippen LogP contribution in [0.2, 0.25) is 0 Å². The molecule has 1 aromatic carbocycles. The van der Waals surface area contributed by atoms with Crippen LogP contribution < -0.4 is 5.32 Å². The van der Waals surface area contributed by atoms with Gasteiger partial charge < -0.3 is 14.6 Å². The van der Waals surface area contributed by atoms with Crippen LogP contribution in [0.4, 0.5) is 0 Å². The van der Waals surface area contributed by atoms with Crippen molar-refractivity contribution in [2.45, 2.75) is 37.6 Å². The fraction of sp³-hybridized carbons (Fsp3) is 0.348. The molecular formula is C23H23N3O3. The normalized spacial score (nSPS) is 17.4. The van der Waals surface area contributed by atoms with E-state index in [2.05, 4.69) is 5.32 Å². The molecular weight excluding hydrogens is 366 g/mol. The highest BCUT2D eigenvalue weighted by molar-refractivity contribution is 6.06. The van der Waals surface area contributed by atoms with E-state index in [1.54, 1.807) is 17.0 Å². The van der Waals surface area contributed by atoms with E-state index >= 15 is 0 Å². The molecule has 2 fully saturated rings. The molecule has 1 aliphatic heterocycles. The Balaban J connectivity index is 1.28. The molecule has 1 saturated carbocycles. The summed E-state index contributed by atoms with van der Waals surface area (Å²) in [5, 5.41) is 4.07. The first-order valence-electron chi connectivity index (χ1n) is 10.2. The Kier molecular flexibility index (Phi) is 4.54. The third-order valence-electron chi connectivity index (χ3n) is 5.83. The van der Waals surface area contributed by atoms with Crippen molar-refractivity contribution in [1.82, 2.24) is 15.2 Å². The van der Waals surface area contributed by atoms with E-state index in [9.17, 15) is 9.59 Å². The Hall–Kier alpha value is -3.15. The first-order chi connectivity index (χ1) is 14.2. The number of para-hydroxylation sites is 1. The summed E-state index contributed by atoms with van der Waals surface area (Å²) < 4.78 is 5.21. The predicted octanol–water partition coefficient (Wildman–Crippen LogP) is 3.74. The average Bonchev–Trinajstić information content (AvgIpc) is 3.47. The summed E-state index contributed by atoms with van der Waals surface area (Å²) in [5.41, 5.74) is 2.60. The summed E-state index contributed by atoms with van der Waals surface area (Å²) in [6, 6.07) is 13.2. The molecule has 0 spiro atoms. The van der Waals surface area contributed by atoms with Crippen LogP contribution in [0.15, 0.2) is 53.1 Å². The van der Waals surface area contributed by atoms with Gasteiger partial charge in [0.15, 0.2) is 5.76 Å². The molecule has 6 heteroatoms. The number of hydrogen-bond donors (Lipinski definition) is 1. The Bertz CT molecular complexity index is 1050. The molecule has 148 valence electrons. The number of carbonyl (C=O) groups is 2. The molecule has 5 rings (SSSR count). The second-order valence-electron chi connectivity index (χ2n) is 7.90. The first kappa shape index (κ1) is 17.9. The summed E-state index contributed by atoms with van der Waals surface area (Å²) in [7, 11) is 0. The zero-order chi connectivity index (χ0) is 19.8. The van der Waals surface area contributed by atoms with Gasteiger partial charge in [0.2, 0.25) is 0 Å². The molecule has 2 aliphatic rings. The van der Waals surface area contributed by atoms with Crippen molar-refractivity contribution in [2.75, 3.05) is 13.1 Å². The highest BCUT2D eigenvalue weighted by atomic mass is 16.3. The lowest BCUT2D eigenvalue weighted by atomic mass is 10.0. The minimum atomic E-state index is -0.0889. The molecule has 3 aromatic rings. The second kappa shape index (κ2) is 7.35. The van der Waals surface area contributed by atoms with Crippen LogP contribution in [0.1, 0.15) is 58.2 Å². The number of pyridine rings is 1. The Morgan fingerprint density at radius 1 is 1.03 bits per heavy atom. The maximum atomic E-state index is 13.1. The summed E-state index contributed by atoms with van der Waals surface area (Å²) in [6.07, 6.45) is 5.27. The lowest BCUT2D eigenvalue weighted by molar-refractivity contribution is 0.0667. The van der Waals surface area contributed by atoms with Gasteiger partial charge in [-0.1, -0.05) is 18.2 Å². The van der Waals surface area contributed by atoms with Crippen molar-refractivity contribution in [3.8, 4) is 0 Å². The van der Waals surface area contributed by atoms with E-state index in [1.807, 2.05) is 30.3 Å². The molecule has 2 aromatic heterocycles.